The van der Waals surface area contributed by atoms with Crippen molar-refractivity contribution in [2.45, 2.75) is 44.5 Å². The van der Waals surface area contributed by atoms with Gasteiger partial charge in [0.25, 0.3) is 0 Å². The third-order valence-electron chi connectivity index (χ3n) is 4.68. The average molecular weight is 308 g/mol. The zero-order valence-corrected chi connectivity index (χ0v) is 12.9. The number of halogens is 1. The third kappa shape index (κ3) is 3.59. The van der Waals surface area contributed by atoms with Gasteiger partial charge < -0.3 is 20.1 Å². The summed E-state index contributed by atoms with van der Waals surface area (Å²) in [5, 5.41) is 12.5. The molecule has 0 aromatic heterocycles. The highest BCUT2D eigenvalue weighted by molar-refractivity contribution is 5.50. The molecule has 0 aliphatic carbocycles. The van der Waals surface area contributed by atoms with Gasteiger partial charge in [-0.1, -0.05) is 12.1 Å². The van der Waals surface area contributed by atoms with Crippen molar-refractivity contribution in [2.24, 2.45) is 0 Å². The second-order valence-electron chi connectivity index (χ2n) is 6.18. The summed E-state index contributed by atoms with van der Waals surface area (Å²) in [7, 11) is 0. The van der Waals surface area contributed by atoms with Gasteiger partial charge in [0, 0.05) is 18.7 Å². The van der Waals surface area contributed by atoms with Crippen LogP contribution in [0.5, 0.6) is 0 Å². The Kier molecular flexibility index (Phi) is 5.28. The first-order chi connectivity index (χ1) is 10.8. The van der Waals surface area contributed by atoms with Gasteiger partial charge >= 0.3 is 0 Å². The Morgan fingerprint density at radius 1 is 1.14 bits per heavy atom. The first kappa shape index (κ1) is 15.7. The summed E-state index contributed by atoms with van der Waals surface area (Å²) in [6.07, 6.45) is 4.73. The first-order valence-corrected chi connectivity index (χ1v) is 8.27. The maximum Gasteiger partial charge on any atom is 0.151 e. The molecule has 2 heterocycles. The Hall–Kier alpha value is -1.17. The molecule has 22 heavy (non-hydrogen) atoms. The van der Waals surface area contributed by atoms with Crippen molar-refractivity contribution < 1.29 is 14.2 Å². The van der Waals surface area contributed by atoms with Gasteiger partial charge in [0.2, 0.25) is 0 Å². The topological polar surface area (TPSA) is 44.7 Å². The lowest BCUT2D eigenvalue weighted by Gasteiger charge is -2.36. The Labute approximate surface area is 131 Å². The molecular formula is C17H25FN2O2. The van der Waals surface area contributed by atoms with E-state index in [1.165, 1.54) is 0 Å². The summed E-state index contributed by atoms with van der Waals surface area (Å²) in [6, 6.07) is 5.23. The van der Waals surface area contributed by atoms with Crippen molar-refractivity contribution in [1.29, 1.82) is 0 Å². The van der Waals surface area contributed by atoms with Crippen molar-refractivity contribution in [3.8, 4) is 0 Å². The lowest BCUT2D eigenvalue weighted by molar-refractivity contribution is -0.0364. The molecule has 3 rings (SSSR count). The number of benzene rings is 1. The fourth-order valence-electron chi connectivity index (χ4n) is 3.37. The van der Waals surface area contributed by atoms with E-state index in [1.807, 2.05) is 6.07 Å². The summed E-state index contributed by atoms with van der Waals surface area (Å²) in [4.78, 5) is 2.07. The summed E-state index contributed by atoms with van der Waals surface area (Å²) in [5.74, 6) is -0.289. The number of piperidine rings is 2. The molecule has 4 nitrogen and oxygen atoms in total. The lowest BCUT2D eigenvalue weighted by atomic mass is 10.0. The van der Waals surface area contributed by atoms with E-state index < -0.39 is 0 Å². The van der Waals surface area contributed by atoms with E-state index in [9.17, 15) is 9.50 Å². The van der Waals surface area contributed by atoms with Gasteiger partial charge in [0.05, 0.1) is 24.5 Å². The van der Waals surface area contributed by atoms with Crippen LogP contribution in [0.3, 0.4) is 0 Å². The molecule has 2 fully saturated rings. The van der Waals surface area contributed by atoms with Gasteiger partial charge in [-0.2, -0.15) is 0 Å². The van der Waals surface area contributed by atoms with Gasteiger partial charge in [0.15, 0.2) is 5.82 Å². The van der Waals surface area contributed by atoms with Crippen LogP contribution in [-0.4, -0.2) is 43.5 Å². The molecule has 0 saturated carbocycles. The molecule has 2 N–H and O–H groups in total. The third-order valence-corrected chi connectivity index (χ3v) is 4.68. The van der Waals surface area contributed by atoms with Crippen molar-refractivity contribution in [2.75, 3.05) is 31.1 Å². The number of hydrogen-bond donors (Lipinski definition) is 2. The van der Waals surface area contributed by atoms with Crippen molar-refractivity contribution >= 4 is 5.69 Å². The van der Waals surface area contributed by atoms with Crippen molar-refractivity contribution in [3.05, 3.63) is 29.6 Å². The standard InChI is InChI=1S/C17H25FN2O2/c18-17-13(12-21)2-1-3-16(17)20-10-6-15(7-11-20)22-14-4-8-19-9-5-14/h1-3,14-15,19,21H,4-12H2. The van der Waals surface area contributed by atoms with Gasteiger partial charge in [-0.25, -0.2) is 4.39 Å². The van der Waals surface area contributed by atoms with E-state index in [0.29, 0.717) is 23.5 Å². The first-order valence-electron chi connectivity index (χ1n) is 8.27. The summed E-state index contributed by atoms with van der Waals surface area (Å²) < 4.78 is 20.5. The highest BCUT2D eigenvalue weighted by Crippen LogP contribution is 2.27. The van der Waals surface area contributed by atoms with Crippen LogP contribution in [0.1, 0.15) is 31.2 Å². The normalized spacial score (nSPS) is 21.3. The summed E-state index contributed by atoms with van der Waals surface area (Å²) in [6.45, 7) is 3.45. The quantitative estimate of drug-likeness (QED) is 0.894. The predicted octanol–water partition coefficient (Wildman–Crippen LogP) is 2.06. The van der Waals surface area contributed by atoms with E-state index in [2.05, 4.69) is 10.2 Å². The van der Waals surface area contributed by atoms with E-state index in [1.54, 1.807) is 12.1 Å². The van der Waals surface area contributed by atoms with Crippen LogP contribution in [0.4, 0.5) is 10.1 Å². The molecule has 122 valence electrons. The molecule has 5 heteroatoms. The molecule has 2 saturated heterocycles. The fraction of sp³-hybridized carbons (Fsp3) is 0.647. The monoisotopic (exact) mass is 308 g/mol. The Morgan fingerprint density at radius 2 is 1.82 bits per heavy atom. The van der Waals surface area contributed by atoms with Crippen LogP contribution >= 0.6 is 0 Å². The molecule has 0 amide bonds. The Bertz CT molecular complexity index is 484. The zero-order valence-electron chi connectivity index (χ0n) is 12.9. The highest BCUT2D eigenvalue weighted by Gasteiger charge is 2.25. The van der Waals surface area contributed by atoms with Crippen LogP contribution < -0.4 is 10.2 Å². The lowest BCUT2D eigenvalue weighted by Crippen LogP contribution is -2.41. The van der Waals surface area contributed by atoms with E-state index in [-0.39, 0.29) is 12.4 Å². The number of nitrogens with one attached hydrogen (secondary N) is 1. The maximum absolute atomic E-state index is 14.3. The van der Waals surface area contributed by atoms with Gasteiger partial charge in [0.1, 0.15) is 0 Å². The van der Waals surface area contributed by atoms with Crippen molar-refractivity contribution in [1.82, 2.24) is 5.32 Å². The van der Waals surface area contributed by atoms with Crippen molar-refractivity contribution in [3.63, 3.8) is 0 Å². The second kappa shape index (κ2) is 7.40. The number of nitrogens with zero attached hydrogens (tertiary/aromatic N) is 1. The minimum absolute atomic E-state index is 0.255. The highest BCUT2D eigenvalue weighted by atomic mass is 19.1. The van der Waals surface area contributed by atoms with Crippen LogP contribution in [0, 0.1) is 5.82 Å². The van der Waals surface area contributed by atoms with Crippen LogP contribution in [0.2, 0.25) is 0 Å². The Morgan fingerprint density at radius 3 is 2.50 bits per heavy atom. The Balaban J connectivity index is 1.55. The number of ether oxygens (including phenoxy) is 1. The molecule has 0 atom stereocenters. The number of anilines is 1. The second-order valence-corrected chi connectivity index (χ2v) is 6.18. The molecule has 0 radical (unpaired) electrons. The van der Waals surface area contributed by atoms with E-state index in [4.69, 9.17) is 4.74 Å². The smallest absolute Gasteiger partial charge is 0.151 e. The van der Waals surface area contributed by atoms with Crippen LogP contribution in [0.25, 0.3) is 0 Å². The maximum atomic E-state index is 14.3. The van der Waals surface area contributed by atoms with Crippen LogP contribution in [0.15, 0.2) is 18.2 Å². The van der Waals surface area contributed by atoms with E-state index >= 15 is 0 Å². The predicted molar refractivity (Wildman–Crippen MR) is 84.5 cm³/mol. The molecular weight excluding hydrogens is 283 g/mol. The molecule has 2 aliphatic heterocycles. The van der Waals surface area contributed by atoms with E-state index in [0.717, 1.165) is 51.9 Å². The fourth-order valence-corrected chi connectivity index (χ4v) is 3.37. The minimum atomic E-state index is -0.289. The zero-order chi connectivity index (χ0) is 15.4. The number of hydrogen-bond acceptors (Lipinski definition) is 4. The summed E-state index contributed by atoms with van der Waals surface area (Å²) in [5.41, 5.74) is 0.970. The average Bonchev–Trinajstić information content (AvgIpc) is 2.57. The molecule has 0 bridgehead atoms. The minimum Gasteiger partial charge on any atom is -0.392 e. The van der Waals surface area contributed by atoms with Crippen LogP contribution in [-0.2, 0) is 11.3 Å². The molecule has 1 aromatic rings. The SMILES string of the molecule is OCc1cccc(N2CCC(OC3CCNCC3)CC2)c1F. The number of aliphatic hydroxyl groups is 1. The van der Waals surface area contributed by atoms with Gasteiger partial charge in [-0.05, 0) is 44.8 Å². The molecule has 0 unspecified atom stereocenters. The molecule has 1 aromatic carbocycles. The van der Waals surface area contributed by atoms with Gasteiger partial charge in [-0.15, -0.1) is 0 Å². The number of aliphatic hydroxyl groups excluding tert-OH is 1. The largest absolute Gasteiger partial charge is 0.392 e. The molecule has 0 spiro atoms. The summed E-state index contributed by atoms with van der Waals surface area (Å²) >= 11 is 0. The van der Waals surface area contributed by atoms with Gasteiger partial charge in [-0.3, -0.25) is 0 Å². The number of rotatable bonds is 4. The molecule has 2 aliphatic rings.